The maximum atomic E-state index is 10.5. The van der Waals surface area contributed by atoms with Crippen molar-refractivity contribution in [3.05, 3.63) is 39.4 Å². The molecule has 0 aromatic heterocycles. The van der Waals surface area contributed by atoms with Crippen molar-refractivity contribution in [1.82, 2.24) is 5.73 Å². The molecule has 0 amide bonds. The zero-order valence-corrected chi connectivity index (χ0v) is 7.41. The molecule has 4 heteroatoms. The molecule has 0 spiro atoms. The van der Waals surface area contributed by atoms with Gasteiger partial charge in [-0.15, -0.1) is 0 Å². The van der Waals surface area contributed by atoms with Crippen molar-refractivity contribution in [2.45, 2.75) is 13.3 Å². The zero-order valence-electron chi connectivity index (χ0n) is 7.41. The molecule has 0 saturated heterocycles. The minimum absolute atomic E-state index is 0.147. The van der Waals surface area contributed by atoms with E-state index in [4.69, 9.17) is 5.73 Å². The van der Waals surface area contributed by atoms with Crippen LogP contribution in [-0.2, 0) is 6.42 Å². The Morgan fingerprint density at radius 3 is 2.69 bits per heavy atom. The minimum atomic E-state index is -0.389. The number of aryl methyl sites for hydroxylation is 1. The third-order valence-electron chi connectivity index (χ3n) is 1.87. The lowest BCUT2D eigenvalue weighted by atomic mass is 10.1. The van der Waals surface area contributed by atoms with Crippen LogP contribution in [0.15, 0.2) is 18.2 Å². The van der Waals surface area contributed by atoms with Gasteiger partial charge in [-0.25, -0.2) is 0 Å². The molecule has 1 aromatic rings. The fourth-order valence-corrected chi connectivity index (χ4v) is 1.22. The first-order valence-electron chi connectivity index (χ1n) is 4.03. The predicted molar refractivity (Wildman–Crippen MR) is 49.5 cm³/mol. The van der Waals surface area contributed by atoms with Crippen LogP contribution in [-0.4, -0.2) is 11.5 Å². The molecule has 1 rings (SSSR count). The van der Waals surface area contributed by atoms with Crippen LogP contribution in [0.5, 0.6) is 0 Å². The predicted octanol–water partition coefficient (Wildman–Crippen LogP) is 1.73. The molecule has 4 nitrogen and oxygen atoms in total. The Labute approximate surface area is 76.5 Å². The number of benzene rings is 1. The lowest BCUT2D eigenvalue weighted by molar-refractivity contribution is -0.385. The highest BCUT2D eigenvalue weighted by molar-refractivity contribution is 5.41. The number of nitro benzene ring substituents is 1. The highest BCUT2D eigenvalue weighted by Crippen LogP contribution is 2.18. The Balaban J connectivity index is 2.98. The van der Waals surface area contributed by atoms with Gasteiger partial charge in [0.2, 0.25) is 0 Å². The van der Waals surface area contributed by atoms with E-state index in [9.17, 15) is 10.1 Å². The van der Waals surface area contributed by atoms with Gasteiger partial charge in [-0.3, -0.25) is 15.8 Å². The van der Waals surface area contributed by atoms with Gasteiger partial charge in [0, 0.05) is 18.2 Å². The Kier molecular flexibility index (Phi) is 2.97. The van der Waals surface area contributed by atoms with Crippen molar-refractivity contribution >= 4 is 5.69 Å². The van der Waals surface area contributed by atoms with Crippen LogP contribution in [0.2, 0.25) is 0 Å². The molecule has 0 bridgehead atoms. The molecule has 0 fully saturated rings. The first-order valence-corrected chi connectivity index (χ1v) is 4.03. The summed E-state index contributed by atoms with van der Waals surface area (Å²) in [4.78, 5) is 10.1. The SMILES string of the molecule is Cc1cc(CC[NH])ccc1[N+](=O)[O-]. The van der Waals surface area contributed by atoms with Crippen molar-refractivity contribution in [2.75, 3.05) is 6.54 Å². The topological polar surface area (TPSA) is 66.9 Å². The number of hydrogen-bond donors (Lipinski definition) is 0. The molecule has 0 unspecified atom stereocenters. The van der Waals surface area contributed by atoms with E-state index in [2.05, 4.69) is 0 Å². The van der Waals surface area contributed by atoms with E-state index >= 15 is 0 Å². The second kappa shape index (κ2) is 4.00. The Hall–Kier alpha value is -1.42. The molecule has 1 aromatic carbocycles. The van der Waals surface area contributed by atoms with E-state index in [1.807, 2.05) is 0 Å². The number of rotatable bonds is 3. The number of hydrogen-bond acceptors (Lipinski definition) is 2. The van der Waals surface area contributed by atoms with Crippen molar-refractivity contribution in [1.29, 1.82) is 0 Å². The second-order valence-electron chi connectivity index (χ2n) is 2.88. The second-order valence-corrected chi connectivity index (χ2v) is 2.88. The molecule has 0 aliphatic heterocycles. The van der Waals surface area contributed by atoms with Crippen molar-refractivity contribution in [3.63, 3.8) is 0 Å². The third kappa shape index (κ3) is 2.26. The molecule has 0 heterocycles. The number of nitro groups is 1. The molecule has 1 N–H and O–H groups in total. The van der Waals surface area contributed by atoms with E-state index in [1.54, 1.807) is 19.1 Å². The van der Waals surface area contributed by atoms with E-state index < -0.39 is 0 Å². The fraction of sp³-hybridized carbons (Fsp3) is 0.333. The molecule has 0 saturated carbocycles. The van der Waals surface area contributed by atoms with E-state index in [-0.39, 0.29) is 10.6 Å². The molecule has 1 radical (unpaired) electrons. The van der Waals surface area contributed by atoms with Crippen LogP contribution in [0.4, 0.5) is 5.69 Å². The summed E-state index contributed by atoms with van der Waals surface area (Å²) in [5.74, 6) is 0. The van der Waals surface area contributed by atoms with E-state index in [0.717, 1.165) is 5.56 Å². The van der Waals surface area contributed by atoms with Gasteiger partial charge in [0.15, 0.2) is 0 Å². The quantitative estimate of drug-likeness (QED) is 0.523. The molecule has 0 atom stereocenters. The largest absolute Gasteiger partial charge is 0.272 e. The summed E-state index contributed by atoms with van der Waals surface area (Å²) in [6.07, 6.45) is 0.652. The van der Waals surface area contributed by atoms with Crippen LogP contribution in [0.1, 0.15) is 11.1 Å². The molecular formula is C9H11N2O2. The molecular weight excluding hydrogens is 168 g/mol. The molecule has 69 valence electrons. The lowest BCUT2D eigenvalue weighted by Crippen LogP contribution is -1.96. The average Bonchev–Trinajstić information content (AvgIpc) is 2.04. The van der Waals surface area contributed by atoms with Crippen molar-refractivity contribution in [2.24, 2.45) is 0 Å². The van der Waals surface area contributed by atoms with Crippen LogP contribution in [0, 0.1) is 17.0 Å². The van der Waals surface area contributed by atoms with E-state index in [1.165, 1.54) is 6.07 Å². The van der Waals surface area contributed by atoms with Crippen molar-refractivity contribution < 1.29 is 4.92 Å². The third-order valence-corrected chi connectivity index (χ3v) is 1.87. The summed E-state index contributed by atoms with van der Waals surface area (Å²) >= 11 is 0. The first kappa shape index (κ1) is 9.67. The van der Waals surface area contributed by atoms with Gasteiger partial charge in [-0.05, 0) is 25.0 Å². The fourth-order valence-electron chi connectivity index (χ4n) is 1.22. The Morgan fingerprint density at radius 1 is 1.54 bits per heavy atom. The van der Waals surface area contributed by atoms with Crippen LogP contribution in [0.25, 0.3) is 0 Å². The van der Waals surface area contributed by atoms with Crippen molar-refractivity contribution in [3.8, 4) is 0 Å². The molecule has 0 aliphatic rings. The smallest absolute Gasteiger partial charge is 0.258 e. The maximum absolute atomic E-state index is 10.5. The summed E-state index contributed by atoms with van der Waals surface area (Å²) < 4.78 is 0. The van der Waals surface area contributed by atoms with Gasteiger partial charge in [0.1, 0.15) is 0 Å². The molecule has 0 aliphatic carbocycles. The van der Waals surface area contributed by atoms with Gasteiger partial charge in [0.25, 0.3) is 5.69 Å². The van der Waals surface area contributed by atoms with Crippen LogP contribution in [0.3, 0.4) is 0 Å². The lowest BCUT2D eigenvalue weighted by Gasteiger charge is -2.00. The Bertz CT molecular complexity index is 323. The maximum Gasteiger partial charge on any atom is 0.272 e. The van der Waals surface area contributed by atoms with Gasteiger partial charge in [-0.2, -0.15) is 0 Å². The Morgan fingerprint density at radius 2 is 2.23 bits per heavy atom. The zero-order chi connectivity index (χ0) is 9.84. The summed E-state index contributed by atoms with van der Waals surface area (Å²) in [6, 6.07) is 4.98. The summed E-state index contributed by atoms with van der Waals surface area (Å²) in [5, 5.41) is 10.5. The first-order chi connectivity index (χ1) is 6.15. The van der Waals surface area contributed by atoms with Gasteiger partial charge < -0.3 is 0 Å². The summed E-state index contributed by atoms with van der Waals surface area (Å²) in [6.45, 7) is 2.03. The summed E-state index contributed by atoms with van der Waals surface area (Å²) in [7, 11) is 0. The van der Waals surface area contributed by atoms with E-state index in [0.29, 0.717) is 18.5 Å². The number of nitrogens with one attached hydrogen (secondary N) is 1. The normalized spacial score (nSPS) is 10.0. The number of nitrogens with zero attached hydrogens (tertiary/aromatic N) is 1. The van der Waals surface area contributed by atoms with Gasteiger partial charge in [0.05, 0.1) is 4.92 Å². The monoisotopic (exact) mass is 179 g/mol. The van der Waals surface area contributed by atoms with Gasteiger partial charge in [-0.1, -0.05) is 6.07 Å². The standard InChI is InChI=1S/C9H11N2O2/c1-7-6-8(4-5-10)2-3-9(7)11(12)13/h2-3,6,10H,4-5H2,1H3. The van der Waals surface area contributed by atoms with Gasteiger partial charge >= 0.3 is 0 Å². The minimum Gasteiger partial charge on any atom is -0.258 e. The van der Waals surface area contributed by atoms with Crippen LogP contribution >= 0.6 is 0 Å². The highest BCUT2D eigenvalue weighted by Gasteiger charge is 2.09. The average molecular weight is 179 g/mol. The molecule has 13 heavy (non-hydrogen) atoms. The van der Waals surface area contributed by atoms with Crippen LogP contribution < -0.4 is 5.73 Å². The highest BCUT2D eigenvalue weighted by atomic mass is 16.6. The summed E-state index contributed by atoms with van der Waals surface area (Å²) in [5.41, 5.74) is 8.81.